The van der Waals surface area contributed by atoms with Crippen LogP contribution in [0.2, 0.25) is 0 Å². The molecular formula is C13H8N2. The van der Waals surface area contributed by atoms with Gasteiger partial charge in [0, 0.05) is 5.56 Å². The predicted octanol–water partition coefficient (Wildman–Crippen LogP) is 3.80. The number of hydrogen-bond donors (Lipinski definition) is 0. The minimum atomic E-state index is 0.899. The monoisotopic (exact) mass is 192 g/mol. The molecule has 0 bridgehead atoms. The van der Waals surface area contributed by atoms with Gasteiger partial charge in [0.2, 0.25) is 0 Å². The molecule has 2 aromatic rings. The molecule has 1 aliphatic heterocycles. The van der Waals surface area contributed by atoms with E-state index in [1.807, 2.05) is 30.3 Å². The molecule has 0 amide bonds. The molecule has 1 heterocycles. The second-order valence-electron chi connectivity index (χ2n) is 3.36. The Kier molecular flexibility index (Phi) is 1.74. The van der Waals surface area contributed by atoms with Gasteiger partial charge in [-0.3, -0.25) is 0 Å². The molecule has 2 nitrogen and oxygen atoms in total. The SMILES string of the molecule is C1=Nc2cccc(-c3ccccc3)c2N=1. The predicted molar refractivity (Wildman–Crippen MR) is 61.1 cm³/mol. The fourth-order valence-electron chi connectivity index (χ4n) is 1.72. The van der Waals surface area contributed by atoms with Crippen molar-refractivity contribution in [3.63, 3.8) is 0 Å². The Morgan fingerprint density at radius 3 is 2.53 bits per heavy atom. The molecule has 0 N–H and O–H groups in total. The molecule has 0 saturated heterocycles. The van der Waals surface area contributed by atoms with E-state index in [0.717, 1.165) is 22.5 Å². The summed E-state index contributed by atoms with van der Waals surface area (Å²) in [5.41, 5.74) is 4.10. The first-order valence-corrected chi connectivity index (χ1v) is 4.80. The maximum absolute atomic E-state index is 4.16. The highest BCUT2D eigenvalue weighted by Gasteiger charge is 2.10. The van der Waals surface area contributed by atoms with E-state index in [1.165, 1.54) is 0 Å². The van der Waals surface area contributed by atoms with E-state index in [9.17, 15) is 0 Å². The third kappa shape index (κ3) is 1.28. The van der Waals surface area contributed by atoms with Gasteiger partial charge in [-0.05, 0) is 11.6 Å². The van der Waals surface area contributed by atoms with Gasteiger partial charge < -0.3 is 0 Å². The normalized spacial score (nSPS) is 11.7. The number of fused-ring (bicyclic) bond motifs is 1. The number of para-hydroxylation sites is 1. The summed E-state index contributed by atoms with van der Waals surface area (Å²) in [7, 11) is 0. The zero-order valence-corrected chi connectivity index (χ0v) is 8.01. The smallest absolute Gasteiger partial charge is 0.109 e. The van der Waals surface area contributed by atoms with E-state index >= 15 is 0 Å². The average molecular weight is 192 g/mol. The molecule has 0 aliphatic carbocycles. The Morgan fingerprint density at radius 2 is 1.67 bits per heavy atom. The Labute approximate surface area is 87.6 Å². The molecule has 0 fully saturated rings. The molecular weight excluding hydrogens is 184 g/mol. The van der Waals surface area contributed by atoms with Crippen molar-refractivity contribution in [1.82, 2.24) is 0 Å². The van der Waals surface area contributed by atoms with Crippen LogP contribution in [0.1, 0.15) is 0 Å². The Morgan fingerprint density at radius 1 is 0.800 bits per heavy atom. The van der Waals surface area contributed by atoms with E-state index in [0.29, 0.717) is 0 Å². The molecule has 3 rings (SSSR count). The van der Waals surface area contributed by atoms with Crippen molar-refractivity contribution in [2.75, 3.05) is 0 Å². The van der Waals surface area contributed by atoms with Crippen molar-refractivity contribution in [2.45, 2.75) is 0 Å². The van der Waals surface area contributed by atoms with Crippen molar-refractivity contribution in [2.24, 2.45) is 9.98 Å². The molecule has 0 unspecified atom stereocenters. The Balaban J connectivity index is 2.23. The van der Waals surface area contributed by atoms with Crippen LogP contribution in [0.4, 0.5) is 11.4 Å². The molecule has 2 heteroatoms. The minimum Gasteiger partial charge on any atom is -0.185 e. The summed E-state index contributed by atoms with van der Waals surface area (Å²) in [6.45, 7) is 0. The van der Waals surface area contributed by atoms with Gasteiger partial charge in [-0.1, -0.05) is 42.5 Å². The van der Waals surface area contributed by atoms with Crippen LogP contribution in [0.25, 0.3) is 11.1 Å². The van der Waals surface area contributed by atoms with E-state index in [2.05, 4.69) is 34.2 Å². The second kappa shape index (κ2) is 3.19. The van der Waals surface area contributed by atoms with Crippen LogP contribution in [0.15, 0.2) is 58.5 Å². The van der Waals surface area contributed by atoms with Gasteiger partial charge in [0.05, 0.1) is 0 Å². The molecule has 0 radical (unpaired) electrons. The maximum atomic E-state index is 4.16. The Hall–Kier alpha value is -2.18. The largest absolute Gasteiger partial charge is 0.185 e. The molecule has 15 heavy (non-hydrogen) atoms. The summed E-state index contributed by atoms with van der Waals surface area (Å²) in [4.78, 5) is 8.23. The molecule has 70 valence electrons. The highest BCUT2D eigenvalue weighted by molar-refractivity contribution is 5.88. The topological polar surface area (TPSA) is 24.7 Å². The molecule has 0 spiro atoms. The van der Waals surface area contributed by atoms with Gasteiger partial charge in [0.15, 0.2) is 0 Å². The van der Waals surface area contributed by atoms with Crippen LogP contribution in [-0.4, -0.2) is 6.01 Å². The summed E-state index contributed by atoms with van der Waals surface area (Å²) in [6.07, 6.45) is 0. The third-order valence-electron chi connectivity index (χ3n) is 2.43. The number of aliphatic imine (C=N–C) groups is 2. The summed E-state index contributed by atoms with van der Waals surface area (Å²) in [5, 5.41) is 0. The highest BCUT2D eigenvalue weighted by Crippen LogP contribution is 2.39. The summed E-state index contributed by atoms with van der Waals surface area (Å²) >= 11 is 0. The van der Waals surface area contributed by atoms with Gasteiger partial charge in [0.25, 0.3) is 0 Å². The van der Waals surface area contributed by atoms with Crippen LogP contribution in [0.5, 0.6) is 0 Å². The summed E-state index contributed by atoms with van der Waals surface area (Å²) in [6, 6.07) is 18.8. The zero-order valence-electron chi connectivity index (χ0n) is 8.01. The quantitative estimate of drug-likeness (QED) is 0.560. The van der Waals surface area contributed by atoms with Gasteiger partial charge in [-0.2, -0.15) is 9.98 Å². The van der Waals surface area contributed by atoms with Crippen molar-refractivity contribution in [3.05, 3.63) is 48.5 Å². The third-order valence-corrected chi connectivity index (χ3v) is 2.43. The number of nitrogens with zero attached hydrogens (tertiary/aromatic N) is 2. The number of rotatable bonds is 1. The standard InChI is InChI=1S/C13H8N2/c1-2-5-10(6-3-1)11-7-4-8-12-13(11)15-9-14-12/h1-8H. The fraction of sp³-hybridized carbons (Fsp3) is 0. The Bertz CT molecular complexity index is 564. The lowest BCUT2D eigenvalue weighted by Crippen LogP contribution is -1.76. The van der Waals surface area contributed by atoms with Crippen molar-refractivity contribution < 1.29 is 0 Å². The van der Waals surface area contributed by atoms with Gasteiger partial charge in [-0.15, -0.1) is 0 Å². The number of benzene rings is 2. The van der Waals surface area contributed by atoms with E-state index in [4.69, 9.17) is 0 Å². The first-order valence-electron chi connectivity index (χ1n) is 4.80. The summed E-state index contributed by atoms with van der Waals surface area (Å²) in [5.74, 6) is 0. The average Bonchev–Trinajstić information content (AvgIpc) is 2.78. The molecule has 2 aromatic carbocycles. The van der Waals surface area contributed by atoms with Gasteiger partial charge >= 0.3 is 0 Å². The zero-order chi connectivity index (χ0) is 10.1. The second-order valence-corrected chi connectivity index (χ2v) is 3.36. The lowest BCUT2D eigenvalue weighted by Gasteiger charge is -2.04. The van der Waals surface area contributed by atoms with Crippen LogP contribution in [-0.2, 0) is 0 Å². The first kappa shape index (κ1) is 8.16. The van der Waals surface area contributed by atoms with Crippen molar-refractivity contribution in [1.29, 1.82) is 0 Å². The number of hydrogen-bond acceptors (Lipinski definition) is 2. The summed E-state index contributed by atoms with van der Waals surface area (Å²) < 4.78 is 0. The van der Waals surface area contributed by atoms with Gasteiger partial charge in [0.1, 0.15) is 17.4 Å². The van der Waals surface area contributed by atoms with Crippen LogP contribution >= 0.6 is 0 Å². The van der Waals surface area contributed by atoms with E-state index in [-0.39, 0.29) is 0 Å². The molecule has 0 atom stereocenters. The first-order chi connectivity index (χ1) is 7.45. The lowest BCUT2D eigenvalue weighted by molar-refractivity contribution is 1.52. The maximum Gasteiger partial charge on any atom is 0.109 e. The highest BCUT2D eigenvalue weighted by atomic mass is 14.9. The van der Waals surface area contributed by atoms with Crippen LogP contribution in [0, 0.1) is 0 Å². The van der Waals surface area contributed by atoms with Crippen LogP contribution in [0.3, 0.4) is 0 Å². The lowest BCUT2D eigenvalue weighted by atomic mass is 10.0. The van der Waals surface area contributed by atoms with E-state index in [1.54, 1.807) is 0 Å². The fourth-order valence-corrected chi connectivity index (χ4v) is 1.72. The molecule has 1 aliphatic rings. The molecule has 0 saturated carbocycles. The molecule has 0 aromatic heterocycles. The van der Waals surface area contributed by atoms with Crippen LogP contribution < -0.4 is 0 Å². The van der Waals surface area contributed by atoms with Gasteiger partial charge in [-0.25, -0.2) is 0 Å². The van der Waals surface area contributed by atoms with E-state index < -0.39 is 0 Å². The van der Waals surface area contributed by atoms with Crippen molar-refractivity contribution in [3.8, 4) is 11.1 Å². The van der Waals surface area contributed by atoms with Crippen molar-refractivity contribution >= 4 is 17.4 Å². The minimum absolute atomic E-state index is 0.899.